The predicted octanol–water partition coefficient (Wildman–Crippen LogP) is 2.17. The maximum atomic E-state index is 10.9. The second-order valence-corrected chi connectivity index (χ2v) is 5.37. The van der Waals surface area contributed by atoms with Crippen LogP contribution in [0.25, 0.3) is 0 Å². The van der Waals surface area contributed by atoms with E-state index in [4.69, 9.17) is 14.6 Å². The van der Waals surface area contributed by atoms with Crippen LogP contribution >= 0.6 is 0 Å². The molecule has 2 rings (SSSR count). The summed E-state index contributed by atoms with van der Waals surface area (Å²) >= 11 is 0. The molecule has 2 N–H and O–H groups in total. The lowest BCUT2D eigenvalue weighted by molar-refractivity contribution is 0.0555. The van der Waals surface area contributed by atoms with E-state index in [-0.39, 0.29) is 5.56 Å². The van der Waals surface area contributed by atoms with Gasteiger partial charge in [0.2, 0.25) is 0 Å². The highest BCUT2D eigenvalue weighted by Crippen LogP contribution is 2.18. The van der Waals surface area contributed by atoms with Crippen LogP contribution in [0.4, 0.5) is 0 Å². The molecule has 0 saturated carbocycles. The number of benzene rings is 1. The number of rotatable bonds is 7. The van der Waals surface area contributed by atoms with E-state index >= 15 is 0 Å². The first kappa shape index (κ1) is 15.8. The van der Waals surface area contributed by atoms with Gasteiger partial charge >= 0.3 is 5.97 Å². The lowest BCUT2D eigenvalue weighted by atomic mass is 9.93. The van der Waals surface area contributed by atoms with Gasteiger partial charge in [0.05, 0.1) is 5.56 Å². The van der Waals surface area contributed by atoms with Gasteiger partial charge in [-0.3, -0.25) is 0 Å². The van der Waals surface area contributed by atoms with E-state index < -0.39 is 5.97 Å². The Morgan fingerprint density at radius 3 is 2.95 bits per heavy atom. The van der Waals surface area contributed by atoms with Crippen molar-refractivity contribution in [2.75, 3.05) is 26.4 Å². The predicted molar refractivity (Wildman–Crippen MR) is 79.9 cm³/mol. The third-order valence-electron chi connectivity index (χ3n) is 3.89. The summed E-state index contributed by atoms with van der Waals surface area (Å²) in [5.41, 5.74) is 0.246. The molecule has 1 saturated heterocycles. The second-order valence-electron chi connectivity index (χ2n) is 5.37. The molecule has 21 heavy (non-hydrogen) atoms. The first-order valence-electron chi connectivity index (χ1n) is 7.44. The van der Waals surface area contributed by atoms with Crippen LogP contribution in [-0.4, -0.2) is 43.5 Å². The summed E-state index contributed by atoms with van der Waals surface area (Å²) in [4.78, 5) is 10.9. The fourth-order valence-electron chi connectivity index (χ4n) is 2.56. The van der Waals surface area contributed by atoms with Gasteiger partial charge < -0.3 is 19.9 Å². The van der Waals surface area contributed by atoms with Crippen molar-refractivity contribution in [2.45, 2.75) is 25.8 Å². The molecular weight excluding hydrogens is 270 g/mol. The van der Waals surface area contributed by atoms with Crippen LogP contribution in [0.1, 0.15) is 30.1 Å². The molecule has 1 aliphatic heterocycles. The smallest absolute Gasteiger partial charge is 0.335 e. The minimum Gasteiger partial charge on any atom is -0.492 e. The SMILES string of the molecule is CC(NCCOc1cccc(C(=O)O)c1)C1CCOCC1. The molecular formula is C16H23NO4. The van der Waals surface area contributed by atoms with Gasteiger partial charge in [0, 0.05) is 25.8 Å². The summed E-state index contributed by atoms with van der Waals surface area (Å²) in [5, 5.41) is 12.4. The summed E-state index contributed by atoms with van der Waals surface area (Å²) in [5.74, 6) is 0.316. The fraction of sp³-hybridized carbons (Fsp3) is 0.562. The van der Waals surface area contributed by atoms with Crippen LogP contribution in [0.3, 0.4) is 0 Å². The average Bonchev–Trinajstić information content (AvgIpc) is 2.52. The van der Waals surface area contributed by atoms with E-state index in [1.165, 1.54) is 0 Å². The Morgan fingerprint density at radius 1 is 1.48 bits per heavy atom. The van der Waals surface area contributed by atoms with Crippen molar-refractivity contribution < 1.29 is 19.4 Å². The highest BCUT2D eigenvalue weighted by Gasteiger charge is 2.19. The van der Waals surface area contributed by atoms with Crippen molar-refractivity contribution in [3.8, 4) is 5.75 Å². The minimum atomic E-state index is -0.938. The number of ether oxygens (including phenoxy) is 2. The van der Waals surface area contributed by atoms with Gasteiger partial charge in [-0.15, -0.1) is 0 Å². The quantitative estimate of drug-likeness (QED) is 0.754. The molecule has 116 valence electrons. The molecule has 0 spiro atoms. The van der Waals surface area contributed by atoms with Crippen LogP contribution < -0.4 is 10.1 Å². The van der Waals surface area contributed by atoms with Crippen LogP contribution in [-0.2, 0) is 4.74 Å². The monoisotopic (exact) mass is 293 g/mol. The maximum Gasteiger partial charge on any atom is 0.335 e. The van der Waals surface area contributed by atoms with Gasteiger partial charge in [-0.05, 0) is 43.9 Å². The van der Waals surface area contributed by atoms with Gasteiger partial charge in [-0.1, -0.05) is 6.07 Å². The Kier molecular flexibility index (Phi) is 6.02. The first-order valence-corrected chi connectivity index (χ1v) is 7.44. The zero-order valence-electron chi connectivity index (χ0n) is 12.4. The van der Waals surface area contributed by atoms with Crippen molar-refractivity contribution in [3.63, 3.8) is 0 Å². The van der Waals surface area contributed by atoms with Crippen molar-refractivity contribution in [3.05, 3.63) is 29.8 Å². The topological polar surface area (TPSA) is 67.8 Å². The first-order chi connectivity index (χ1) is 10.2. The van der Waals surface area contributed by atoms with Crippen molar-refractivity contribution in [1.82, 2.24) is 5.32 Å². The van der Waals surface area contributed by atoms with E-state index in [0.29, 0.717) is 24.3 Å². The molecule has 1 heterocycles. The lowest BCUT2D eigenvalue weighted by Gasteiger charge is -2.28. The molecule has 0 aromatic heterocycles. The molecule has 1 aromatic rings. The molecule has 5 heteroatoms. The standard InChI is InChI=1S/C16H23NO4/c1-12(13-5-8-20-9-6-13)17-7-10-21-15-4-2-3-14(11-15)16(18)19/h2-4,11-13,17H,5-10H2,1H3,(H,18,19). The number of carboxylic acids is 1. The van der Waals surface area contributed by atoms with Gasteiger partial charge in [-0.2, -0.15) is 0 Å². The third-order valence-corrected chi connectivity index (χ3v) is 3.89. The summed E-state index contributed by atoms with van der Waals surface area (Å²) < 4.78 is 10.9. The average molecular weight is 293 g/mol. The van der Waals surface area contributed by atoms with Crippen molar-refractivity contribution >= 4 is 5.97 Å². The van der Waals surface area contributed by atoms with Gasteiger partial charge in [0.25, 0.3) is 0 Å². The molecule has 5 nitrogen and oxygen atoms in total. The Bertz CT molecular complexity index is 457. The summed E-state index contributed by atoms with van der Waals surface area (Å²) in [6.07, 6.45) is 2.21. The normalized spacial score (nSPS) is 17.4. The Morgan fingerprint density at radius 2 is 2.24 bits per heavy atom. The van der Waals surface area contributed by atoms with Crippen LogP contribution in [0.2, 0.25) is 0 Å². The molecule has 1 unspecified atom stereocenters. The third kappa shape index (κ3) is 5.02. The van der Waals surface area contributed by atoms with E-state index in [9.17, 15) is 4.79 Å². The molecule has 0 amide bonds. The van der Waals surface area contributed by atoms with Crippen molar-refractivity contribution in [1.29, 1.82) is 0 Å². The molecule has 1 aromatic carbocycles. The van der Waals surface area contributed by atoms with E-state index in [2.05, 4.69) is 12.2 Å². The molecule has 0 bridgehead atoms. The number of hydrogen-bond donors (Lipinski definition) is 2. The summed E-state index contributed by atoms with van der Waals surface area (Å²) in [7, 11) is 0. The summed E-state index contributed by atoms with van der Waals surface area (Å²) in [6.45, 7) is 5.18. The Balaban J connectivity index is 1.69. The highest BCUT2D eigenvalue weighted by molar-refractivity contribution is 5.87. The summed E-state index contributed by atoms with van der Waals surface area (Å²) in [6, 6.07) is 7.01. The van der Waals surface area contributed by atoms with E-state index in [1.807, 2.05) is 0 Å². The molecule has 0 radical (unpaired) electrons. The van der Waals surface area contributed by atoms with Gasteiger partial charge in [0.15, 0.2) is 0 Å². The van der Waals surface area contributed by atoms with Gasteiger partial charge in [0.1, 0.15) is 12.4 Å². The molecule has 1 fully saturated rings. The molecule has 1 atom stereocenters. The zero-order chi connectivity index (χ0) is 15.1. The maximum absolute atomic E-state index is 10.9. The minimum absolute atomic E-state index is 0.246. The van der Waals surface area contributed by atoms with Crippen LogP contribution in [0.15, 0.2) is 24.3 Å². The molecule has 0 aliphatic carbocycles. The van der Waals surface area contributed by atoms with Gasteiger partial charge in [-0.25, -0.2) is 4.79 Å². The van der Waals surface area contributed by atoms with Crippen LogP contribution in [0, 0.1) is 5.92 Å². The number of carbonyl (C=O) groups is 1. The number of aromatic carboxylic acids is 1. The lowest BCUT2D eigenvalue weighted by Crippen LogP contribution is -2.38. The van der Waals surface area contributed by atoms with Crippen molar-refractivity contribution in [2.24, 2.45) is 5.92 Å². The highest BCUT2D eigenvalue weighted by atomic mass is 16.5. The Hall–Kier alpha value is -1.59. The van der Waals surface area contributed by atoms with Crippen LogP contribution in [0.5, 0.6) is 5.75 Å². The number of nitrogens with one attached hydrogen (secondary N) is 1. The number of carboxylic acid groups (broad SMARTS) is 1. The second kappa shape index (κ2) is 8.00. The largest absolute Gasteiger partial charge is 0.492 e. The molecule has 1 aliphatic rings. The zero-order valence-corrected chi connectivity index (χ0v) is 12.4. The number of hydrogen-bond acceptors (Lipinski definition) is 4. The Labute approximate surface area is 125 Å². The van der Waals surface area contributed by atoms with E-state index in [0.717, 1.165) is 32.6 Å². The van der Waals surface area contributed by atoms with E-state index in [1.54, 1.807) is 24.3 Å². The fourth-order valence-corrected chi connectivity index (χ4v) is 2.56.